The molecule has 0 radical (unpaired) electrons. The molecule has 1 aromatic carbocycles. The lowest BCUT2D eigenvalue weighted by Crippen LogP contribution is -2.30. The van der Waals surface area contributed by atoms with Crippen molar-refractivity contribution in [3.05, 3.63) is 36.0 Å². The highest BCUT2D eigenvalue weighted by Gasteiger charge is 2.27. The Labute approximate surface area is 187 Å². The van der Waals surface area contributed by atoms with E-state index in [0.29, 0.717) is 24.9 Å². The SMILES string of the molecule is CNC(=O)C1CCN(c2ccc(Nc3ncc(C(N)=O)c(NCCCCCO)n3)cc2)C1. The number of anilines is 4. The van der Waals surface area contributed by atoms with Gasteiger partial charge in [-0.3, -0.25) is 9.59 Å². The van der Waals surface area contributed by atoms with Crippen molar-refractivity contribution in [3.63, 3.8) is 0 Å². The molecule has 0 spiro atoms. The van der Waals surface area contributed by atoms with Gasteiger partial charge in [0.25, 0.3) is 5.91 Å². The van der Waals surface area contributed by atoms with Crippen molar-refractivity contribution in [2.24, 2.45) is 11.7 Å². The van der Waals surface area contributed by atoms with Crippen LogP contribution < -0.4 is 26.6 Å². The van der Waals surface area contributed by atoms with Gasteiger partial charge in [-0.25, -0.2) is 4.98 Å². The maximum absolute atomic E-state index is 11.8. The van der Waals surface area contributed by atoms with Crippen molar-refractivity contribution in [2.75, 3.05) is 48.8 Å². The molecule has 0 saturated carbocycles. The standard InChI is InChI=1S/C22H31N7O3/c1-24-21(32)15-9-11-29(14-15)17-7-5-16(6-8-17)27-22-26-13-18(19(23)31)20(28-22)25-10-3-2-4-12-30/h5-8,13,15,30H,2-4,9-12,14H2,1H3,(H2,23,31)(H,24,32)(H2,25,26,27,28). The zero-order valence-electron chi connectivity index (χ0n) is 18.3. The lowest BCUT2D eigenvalue weighted by molar-refractivity contribution is -0.123. The number of primary amides is 1. The van der Waals surface area contributed by atoms with E-state index in [2.05, 4.69) is 30.8 Å². The first-order chi connectivity index (χ1) is 15.5. The van der Waals surface area contributed by atoms with Crippen LogP contribution in [-0.2, 0) is 4.79 Å². The zero-order valence-corrected chi connectivity index (χ0v) is 18.3. The van der Waals surface area contributed by atoms with E-state index in [0.717, 1.165) is 43.6 Å². The van der Waals surface area contributed by atoms with Crippen LogP contribution in [0.4, 0.5) is 23.1 Å². The maximum Gasteiger partial charge on any atom is 0.254 e. The molecule has 1 aromatic heterocycles. The molecule has 2 amide bonds. The summed E-state index contributed by atoms with van der Waals surface area (Å²) in [6.45, 7) is 2.32. The molecule has 1 saturated heterocycles. The Balaban J connectivity index is 1.63. The highest BCUT2D eigenvalue weighted by atomic mass is 16.3. The number of hydrogen-bond acceptors (Lipinski definition) is 8. The molecule has 1 aliphatic heterocycles. The lowest BCUT2D eigenvalue weighted by atomic mass is 10.1. The van der Waals surface area contributed by atoms with Crippen molar-refractivity contribution in [2.45, 2.75) is 25.7 Å². The van der Waals surface area contributed by atoms with Gasteiger partial charge in [0.1, 0.15) is 5.82 Å². The Morgan fingerprint density at radius 3 is 2.69 bits per heavy atom. The minimum atomic E-state index is -0.598. The molecule has 1 fully saturated rings. The van der Waals surface area contributed by atoms with Gasteiger partial charge < -0.3 is 31.7 Å². The Morgan fingerprint density at radius 1 is 1.22 bits per heavy atom. The van der Waals surface area contributed by atoms with E-state index in [1.165, 1.54) is 6.20 Å². The second-order valence-corrected chi connectivity index (χ2v) is 7.75. The summed E-state index contributed by atoms with van der Waals surface area (Å²) < 4.78 is 0. The Morgan fingerprint density at radius 2 is 2.00 bits per heavy atom. The Kier molecular flexibility index (Phi) is 8.20. The van der Waals surface area contributed by atoms with Crippen molar-refractivity contribution < 1.29 is 14.7 Å². The van der Waals surface area contributed by atoms with E-state index in [-0.39, 0.29) is 24.0 Å². The number of amides is 2. The summed E-state index contributed by atoms with van der Waals surface area (Å²) in [5.74, 6) is 0.235. The number of aromatic nitrogens is 2. The maximum atomic E-state index is 11.8. The molecule has 0 aliphatic carbocycles. The third-order valence-electron chi connectivity index (χ3n) is 5.48. The number of rotatable bonds is 11. The molecule has 10 nitrogen and oxygen atoms in total. The number of aliphatic hydroxyl groups is 1. The van der Waals surface area contributed by atoms with Crippen molar-refractivity contribution in [3.8, 4) is 0 Å². The fourth-order valence-electron chi connectivity index (χ4n) is 3.68. The van der Waals surface area contributed by atoms with Gasteiger partial charge in [0, 0.05) is 50.9 Å². The molecule has 3 rings (SSSR count). The van der Waals surface area contributed by atoms with E-state index in [1.54, 1.807) is 7.05 Å². The van der Waals surface area contributed by atoms with Crippen molar-refractivity contribution >= 4 is 35.0 Å². The zero-order chi connectivity index (χ0) is 22.9. The van der Waals surface area contributed by atoms with Crippen LogP contribution in [-0.4, -0.2) is 60.2 Å². The summed E-state index contributed by atoms with van der Waals surface area (Å²) in [5.41, 5.74) is 7.53. The number of nitrogens with two attached hydrogens (primary N) is 1. The number of aliphatic hydroxyl groups excluding tert-OH is 1. The van der Waals surface area contributed by atoms with Crippen molar-refractivity contribution in [1.29, 1.82) is 0 Å². The van der Waals surface area contributed by atoms with Crippen LogP contribution in [0.15, 0.2) is 30.5 Å². The van der Waals surface area contributed by atoms with Gasteiger partial charge in [-0.15, -0.1) is 0 Å². The Hall–Kier alpha value is -3.40. The summed E-state index contributed by atoms with van der Waals surface area (Å²) >= 11 is 0. The molecule has 10 heteroatoms. The largest absolute Gasteiger partial charge is 0.396 e. The van der Waals surface area contributed by atoms with E-state index in [1.807, 2.05) is 24.3 Å². The fraction of sp³-hybridized carbons (Fsp3) is 0.455. The van der Waals surface area contributed by atoms with Crippen LogP contribution in [0.25, 0.3) is 0 Å². The van der Waals surface area contributed by atoms with Crippen LogP contribution in [0.1, 0.15) is 36.0 Å². The lowest BCUT2D eigenvalue weighted by Gasteiger charge is -2.19. The first-order valence-electron chi connectivity index (χ1n) is 10.9. The average molecular weight is 442 g/mol. The summed E-state index contributed by atoms with van der Waals surface area (Å²) in [4.78, 5) is 34.3. The molecule has 32 heavy (non-hydrogen) atoms. The highest BCUT2D eigenvalue weighted by molar-refractivity contribution is 5.97. The molecule has 1 unspecified atom stereocenters. The molecule has 6 N–H and O–H groups in total. The number of carbonyl (C=O) groups is 2. The van der Waals surface area contributed by atoms with Crippen LogP contribution in [0.2, 0.25) is 0 Å². The normalized spacial score (nSPS) is 15.4. The van der Waals surface area contributed by atoms with E-state index in [9.17, 15) is 9.59 Å². The molecule has 2 heterocycles. The summed E-state index contributed by atoms with van der Waals surface area (Å²) in [5, 5.41) is 17.9. The highest BCUT2D eigenvalue weighted by Crippen LogP contribution is 2.26. The van der Waals surface area contributed by atoms with Gasteiger partial charge in [-0.05, 0) is 49.9 Å². The van der Waals surface area contributed by atoms with Crippen LogP contribution in [0.3, 0.4) is 0 Å². The second kappa shape index (κ2) is 11.3. The minimum Gasteiger partial charge on any atom is -0.396 e. The molecule has 172 valence electrons. The van der Waals surface area contributed by atoms with Gasteiger partial charge in [0.15, 0.2) is 0 Å². The number of benzene rings is 1. The molecule has 0 bridgehead atoms. The molecule has 1 aliphatic rings. The van der Waals surface area contributed by atoms with E-state index in [4.69, 9.17) is 10.8 Å². The van der Waals surface area contributed by atoms with Gasteiger partial charge in [0.05, 0.1) is 11.5 Å². The molecular weight excluding hydrogens is 410 g/mol. The number of hydrogen-bond donors (Lipinski definition) is 5. The quantitative estimate of drug-likeness (QED) is 0.330. The van der Waals surface area contributed by atoms with Gasteiger partial charge in [0.2, 0.25) is 11.9 Å². The summed E-state index contributed by atoms with van der Waals surface area (Å²) in [7, 11) is 1.67. The van der Waals surface area contributed by atoms with Gasteiger partial charge in [-0.2, -0.15) is 4.98 Å². The minimum absolute atomic E-state index is 0.0181. The van der Waals surface area contributed by atoms with Crippen molar-refractivity contribution in [1.82, 2.24) is 15.3 Å². The van der Waals surface area contributed by atoms with Gasteiger partial charge >= 0.3 is 0 Å². The fourth-order valence-corrected chi connectivity index (χ4v) is 3.68. The summed E-state index contributed by atoms with van der Waals surface area (Å²) in [6.07, 6.45) is 4.70. The molecule has 2 aromatic rings. The van der Waals surface area contributed by atoms with Gasteiger partial charge in [-0.1, -0.05) is 0 Å². The van der Waals surface area contributed by atoms with Crippen LogP contribution in [0.5, 0.6) is 0 Å². The number of nitrogens with zero attached hydrogens (tertiary/aromatic N) is 3. The first-order valence-corrected chi connectivity index (χ1v) is 10.9. The van der Waals surface area contributed by atoms with Crippen LogP contribution in [0, 0.1) is 5.92 Å². The molecule has 1 atom stereocenters. The Bertz CT molecular complexity index is 920. The monoisotopic (exact) mass is 441 g/mol. The number of unbranched alkanes of at least 4 members (excludes halogenated alkanes) is 2. The number of nitrogens with one attached hydrogen (secondary N) is 3. The average Bonchev–Trinajstić information content (AvgIpc) is 3.29. The second-order valence-electron chi connectivity index (χ2n) is 7.75. The third-order valence-corrected chi connectivity index (χ3v) is 5.48. The smallest absolute Gasteiger partial charge is 0.254 e. The predicted octanol–water partition coefficient (Wildman–Crippen LogP) is 1.47. The van der Waals surface area contributed by atoms with E-state index >= 15 is 0 Å². The number of carbonyl (C=O) groups excluding carboxylic acids is 2. The van der Waals surface area contributed by atoms with Crippen LogP contribution >= 0.6 is 0 Å². The molecular formula is C22H31N7O3. The third kappa shape index (κ3) is 6.07. The topological polar surface area (TPSA) is 146 Å². The predicted molar refractivity (Wildman–Crippen MR) is 124 cm³/mol. The first kappa shape index (κ1) is 23.3. The van der Waals surface area contributed by atoms with E-state index < -0.39 is 5.91 Å². The summed E-state index contributed by atoms with van der Waals surface area (Å²) in [6, 6.07) is 7.84.